The maximum Gasteiger partial charge on any atom is 0.136 e. The zero-order valence-corrected chi connectivity index (χ0v) is 14.9. The molecule has 1 fully saturated rings. The fourth-order valence-electron chi connectivity index (χ4n) is 3.22. The molecule has 0 spiro atoms. The van der Waals surface area contributed by atoms with Crippen molar-refractivity contribution in [2.75, 3.05) is 41.3 Å². The summed E-state index contributed by atoms with van der Waals surface area (Å²) in [4.78, 5) is 13.8. The minimum atomic E-state index is 0.807. The molecule has 1 aromatic carbocycles. The molecule has 0 aliphatic carbocycles. The largest absolute Gasteiger partial charge is 0.372 e. The van der Waals surface area contributed by atoms with E-state index in [9.17, 15) is 0 Å². The van der Waals surface area contributed by atoms with Crippen LogP contribution >= 0.6 is 0 Å². The highest BCUT2D eigenvalue weighted by molar-refractivity contribution is 5.63. The van der Waals surface area contributed by atoms with Gasteiger partial charge in [-0.25, -0.2) is 9.97 Å². The summed E-state index contributed by atoms with van der Waals surface area (Å²) >= 11 is 0. The quantitative estimate of drug-likeness (QED) is 0.870. The first-order valence-corrected chi connectivity index (χ1v) is 8.92. The monoisotopic (exact) mass is 325 g/mol. The molecule has 0 saturated carbocycles. The molecule has 1 saturated heterocycles. The van der Waals surface area contributed by atoms with Crippen LogP contribution in [0.15, 0.2) is 30.3 Å². The van der Waals surface area contributed by atoms with Crippen molar-refractivity contribution in [3.8, 4) is 0 Å². The molecule has 1 aliphatic heterocycles. The second-order valence-corrected chi connectivity index (χ2v) is 6.20. The fraction of sp³-hybridized carbons (Fsp3) is 0.474. The van der Waals surface area contributed by atoms with E-state index < -0.39 is 0 Å². The molecule has 5 heteroatoms. The summed E-state index contributed by atoms with van der Waals surface area (Å²) in [5.41, 5.74) is 2.30. The van der Waals surface area contributed by atoms with Crippen molar-refractivity contribution in [3.63, 3.8) is 0 Å². The number of nitrogens with zero attached hydrogens (tertiary/aromatic N) is 4. The van der Waals surface area contributed by atoms with Crippen LogP contribution in [-0.2, 0) is 0 Å². The Morgan fingerprint density at radius 1 is 1.04 bits per heavy atom. The first kappa shape index (κ1) is 16.6. The number of nitrogens with one attached hydrogen (secondary N) is 1. The third-order valence-electron chi connectivity index (χ3n) is 4.52. The molecule has 1 aliphatic rings. The number of hydrogen-bond acceptors (Lipinski definition) is 5. The van der Waals surface area contributed by atoms with Gasteiger partial charge in [0.15, 0.2) is 0 Å². The van der Waals surface area contributed by atoms with E-state index in [2.05, 4.69) is 69.3 Å². The summed E-state index contributed by atoms with van der Waals surface area (Å²) in [6, 6.07) is 10.6. The normalized spacial score (nSPS) is 14.0. The lowest BCUT2D eigenvalue weighted by Crippen LogP contribution is -2.21. The molecule has 128 valence electrons. The lowest BCUT2D eigenvalue weighted by molar-refractivity contribution is 0.866. The molecule has 2 aromatic rings. The average Bonchev–Trinajstić information content (AvgIpc) is 3.11. The van der Waals surface area contributed by atoms with Gasteiger partial charge in [0.1, 0.15) is 17.5 Å². The van der Waals surface area contributed by atoms with E-state index >= 15 is 0 Å². The van der Waals surface area contributed by atoms with E-state index in [4.69, 9.17) is 0 Å². The molecule has 0 radical (unpaired) electrons. The molecule has 5 nitrogen and oxygen atoms in total. The van der Waals surface area contributed by atoms with Gasteiger partial charge >= 0.3 is 0 Å². The van der Waals surface area contributed by atoms with E-state index in [0.717, 1.165) is 49.3 Å². The summed E-state index contributed by atoms with van der Waals surface area (Å²) in [6.07, 6.45) is 2.50. The third kappa shape index (κ3) is 3.78. The molecule has 0 atom stereocenters. The van der Waals surface area contributed by atoms with Gasteiger partial charge in [-0.2, -0.15) is 0 Å². The standard InChI is InChI=1S/C19H27N5/c1-4-23(5-2)17-10-8-16(9-11-17)22-18-14-19(21-15(3)20-18)24-12-6-7-13-24/h8-11,14H,4-7,12-13H2,1-3H3,(H,20,21,22). The van der Waals surface area contributed by atoms with Crippen molar-refractivity contribution in [1.29, 1.82) is 0 Å². The molecule has 1 aromatic heterocycles. The first-order valence-electron chi connectivity index (χ1n) is 8.92. The first-order chi connectivity index (χ1) is 11.7. The van der Waals surface area contributed by atoms with Gasteiger partial charge in [-0.05, 0) is 57.9 Å². The van der Waals surface area contributed by atoms with Crippen molar-refractivity contribution in [1.82, 2.24) is 9.97 Å². The Morgan fingerprint density at radius 3 is 2.33 bits per heavy atom. The number of aryl methyl sites for hydroxylation is 1. The molecule has 3 rings (SSSR count). The number of rotatable bonds is 6. The predicted octanol–water partition coefficient (Wildman–Crippen LogP) is 3.98. The number of hydrogen-bond donors (Lipinski definition) is 1. The Kier molecular flexibility index (Phi) is 5.18. The van der Waals surface area contributed by atoms with Crippen LogP contribution in [0.2, 0.25) is 0 Å². The minimum absolute atomic E-state index is 0.807. The highest BCUT2D eigenvalue weighted by atomic mass is 15.2. The van der Waals surface area contributed by atoms with E-state index in [-0.39, 0.29) is 0 Å². The number of anilines is 4. The molecule has 24 heavy (non-hydrogen) atoms. The number of aromatic nitrogens is 2. The van der Waals surface area contributed by atoms with Crippen LogP contribution in [0.1, 0.15) is 32.5 Å². The zero-order chi connectivity index (χ0) is 16.9. The van der Waals surface area contributed by atoms with Crippen LogP contribution in [0, 0.1) is 6.92 Å². The molecule has 2 heterocycles. The van der Waals surface area contributed by atoms with Gasteiger partial charge in [0.05, 0.1) is 0 Å². The van der Waals surface area contributed by atoms with Crippen LogP contribution in [0.5, 0.6) is 0 Å². The predicted molar refractivity (Wildman–Crippen MR) is 102 cm³/mol. The van der Waals surface area contributed by atoms with Crippen molar-refractivity contribution >= 4 is 23.0 Å². The number of benzene rings is 1. The van der Waals surface area contributed by atoms with E-state index in [1.54, 1.807) is 0 Å². The Balaban J connectivity index is 1.75. The third-order valence-corrected chi connectivity index (χ3v) is 4.52. The van der Waals surface area contributed by atoms with Crippen molar-refractivity contribution in [2.45, 2.75) is 33.6 Å². The Morgan fingerprint density at radius 2 is 1.71 bits per heavy atom. The minimum Gasteiger partial charge on any atom is -0.372 e. The average molecular weight is 325 g/mol. The molecule has 0 bridgehead atoms. The maximum atomic E-state index is 4.59. The topological polar surface area (TPSA) is 44.3 Å². The van der Waals surface area contributed by atoms with E-state index in [1.165, 1.54) is 18.5 Å². The second kappa shape index (κ2) is 7.51. The lowest BCUT2D eigenvalue weighted by Gasteiger charge is -2.21. The van der Waals surface area contributed by atoms with Crippen LogP contribution < -0.4 is 15.1 Å². The lowest BCUT2D eigenvalue weighted by atomic mass is 10.2. The molecular formula is C19H27N5. The van der Waals surface area contributed by atoms with Crippen molar-refractivity contribution in [3.05, 3.63) is 36.2 Å². The summed E-state index contributed by atoms with van der Waals surface area (Å²) in [5, 5.41) is 3.41. The van der Waals surface area contributed by atoms with Gasteiger partial charge in [-0.1, -0.05) is 0 Å². The van der Waals surface area contributed by atoms with Gasteiger partial charge in [0, 0.05) is 43.6 Å². The van der Waals surface area contributed by atoms with Crippen molar-refractivity contribution < 1.29 is 0 Å². The molecule has 0 amide bonds. The Bertz CT molecular complexity index is 658. The van der Waals surface area contributed by atoms with Crippen LogP contribution in [-0.4, -0.2) is 36.1 Å². The molecule has 0 unspecified atom stereocenters. The Hall–Kier alpha value is -2.30. The van der Waals surface area contributed by atoms with Crippen LogP contribution in [0.4, 0.5) is 23.0 Å². The van der Waals surface area contributed by atoms with Gasteiger partial charge in [0.25, 0.3) is 0 Å². The van der Waals surface area contributed by atoms with Crippen LogP contribution in [0.25, 0.3) is 0 Å². The van der Waals surface area contributed by atoms with Gasteiger partial charge in [-0.3, -0.25) is 0 Å². The summed E-state index contributed by atoms with van der Waals surface area (Å²) in [7, 11) is 0. The fourth-order valence-corrected chi connectivity index (χ4v) is 3.22. The molecular weight excluding hydrogens is 298 g/mol. The highest BCUT2D eigenvalue weighted by Crippen LogP contribution is 2.24. The van der Waals surface area contributed by atoms with Gasteiger partial charge in [-0.15, -0.1) is 0 Å². The SMILES string of the molecule is CCN(CC)c1ccc(Nc2cc(N3CCCC3)nc(C)n2)cc1. The highest BCUT2D eigenvalue weighted by Gasteiger charge is 2.15. The summed E-state index contributed by atoms with van der Waals surface area (Å²) in [6.45, 7) is 10.5. The van der Waals surface area contributed by atoms with Gasteiger partial charge in [0.2, 0.25) is 0 Å². The summed E-state index contributed by atoms with van der Waals surface area (Å²) in [5.74, 6) is 2.70. The molecule has 1 N–H and O–H groups in total. The Labute approximate surface area is 144 Å². The smallest absolute Gasteiger partial charge is 0.136 e. The van der Waals surface area contributed by atoms with Gasteiger partial charge < -0.3 is 15.1 Å². The van der Waals surface area contributed by atoms with Crippen LogP contribution in [0.3, 0.4) is 0 Å². The zero-order valence-electron chi connectivity index (χ0n) is 14.9. The summed E-state index contributed by atoms with van der Waals surface area (Å²) < 4.78 is 0. The second-order valence-electron chi connectivity index (χ2n) is 6.20. The van der Waals surface area contributed by atoms with E-state index in [0.29, 0.717) is 0 Å². The maximum absolute atomic E-state index is 4.59. The van der Waals surface area contributed by atoms with Crippen molar-refractivity contribution in [2.24, 2.45) is 0 Å². The van der Waals surface area contributed by atoms with E-state index in [1.807, 2.05) is 6.92 Å².